The van der Waals surface area contributed by atoms with E-state index in [9.17, 15) is 4.89 Å². The Morgan fingerprint density at radius 3 is 3.04 bits per heavy atom. The van der Waals surface area contributed by atoms with Crippen LogP contribution in [0.3, 0.4) is 0 Å². The fourth-order valence-electron chi connectivity index (χ4n) is 3.35. The smallest absolute Gasteiger partial charge is 0.324 e. The van der Waals surface area contributed by atoms with Crippen LogP contribution in [0, 0.1) is 0 Å². The number of ether oxygens (including phenoxy) is 2. The largest absolute Gasteiger partial charge is 0.382 e. The summed E-state index contributed by atoms with van der Waals surface area (Å²) in [7, 11) is 1.32. The van der Waals surface area contributed by atoms with Gasteiger partial charge in [-0.05, 0) is 18.2 Å². The van der Waals surface area contributed by atoms with Gasteiger partial charge in [-0.15, -0.1) is 0 Å². The summed E-state index contributed by atoms with van der Waals surface area (Å²) in [6, 6.07) is 0. The quantitative estimate of drug-likeness (QED) is 0.709. The highest BCUT2D eigenvalue weighted by atomic mass is 32.5. The lowest BCUT2D eigenvalue weighted by atomic mass is 9.96. The Bertz CT molecular complexity index is 864. The Labute approximate surface area is 148 Å². The Balaban J connectivity index is 1.73. The molecule has 5 atom stereocenters. The molecule has 2 aliphatic heterocycles. The minimum Gasteiger partial charge on any atom is -0.382 e. The van der Waals surface area contributed by atoms with Gasteiger partial charge < -0.3 is 24.6 Å². The second-order valence-electron chi connectivity index (χ2n) is 5.96. The van der Waals surface area contributed by atoms with Crippen molar-refractivity contribution in [1.82, 2.24) is 19.5 Å². The van der Waals surface area contributed by atoms with Gasteiger partial charge >= 0.3 is 6.72 Å². The van der Waals surface area contributed by atoms with Crippen LogP contribution in [-0.4, -0.2) is 55.9 Å². The first-order valence-corrected chi connectivity index (χ1v) is 10.3. The topological polar surface area (TPSA) is 127 Å². The number of nitrogens with zero attached hydrogens (tertiary/aromatic N) is 4. The van der Waals surface area contributed by atoms with E-state index in [0.29, 0.717) is 24.2 Å². The molecular weight excluding hydrogens is 369 g/mol. The lowest BCUT2D eigenvalue weighted by Crippen LogP contribution is -2.40. The molecule has 0 saturated carbocycles. The number of rotatable bonds is 5. The van der Waals surface area contributed by atoms with E-state index in [4.69, 9.17) is 36.1 Å². The lowest BCUT2D eigenvalue weighted by molar-refractivity contribution is -0.173. The maximum atomic E-state index is 10.1. The number of fused-ring (bicyclic) bond motifs is 3. The predicted octanol–water partition coefficient (Wildman–Crippen LogP) is 0.733. The van der Waals surface area contributed by atoms with Crippen molar-refractivity contribution in [2.24, 2.45) is 0 Å². The molecule has 2 aliphatic rings. The Morgan fingerprint density at radius 1 is 1.52 bits per heavy atom. The van der Waals surface area contributed by atoms with Crippen LogP contribution in [0.15, 0.2) is 12.7 Å². The van der Waals surface area contributed by atoms with E-state index >= 15 is 0 Å². The first-order chi connectivity index (χ1) is 11.9. The molecular formula is C13H18N5O5PS. The molecule has 2 saturated heterocycles. The number of imidazole rings is 1. The van der Waals surface area contributed by atoms with Crippen LogP contribution in [0.1, 0.15) is 19.6 Å². The van der Waals surface area contributed by atoms with Crippen LogP contribution in [0.2, 0.25) is 0 Å². The fourth-order valence-corrected chi connectivity index (χ4v) is 4.31. The molecule has 0 spiro atoms. The molecule has 2 fully saturated rings. The van der Waals surface area contributed by atoms with Crippen LogP contribution in [0.25, 0.3) is 11.2 Å². The zero-order valence-corrected chi connectivity index (χ0v) is 15.3. The molecule has 136 valence electrons. The first-order valence-electron chi connectivity index (χ1n) is 7.70. The van der Waals surface area contributed by atoms with E-state index in [-0.39, 0.29) is 5.82 Å². The van der Waals surface area contributed by atoms with Gasteiger partial charge in [0.2, 0.25) is 0 Å². The molecule has 4 rings (SSSR count). The van der Waals surface area contributed by atoms with Gasteiger partial charge in [0.05, 0.1) is 12.9 Å². The molecule has 0 aromatic carbocycles. The van der Waals surface area contributed by atoms with Crippen LogP contribution in [0.4, 0.5) is 5.82 Å². The lowest BCUT2D eigenvalue weighted by Gasteiger charge is -2.31. The summed E-state index contributed by atoms with van der Waals surface area (Å²) in [6.45, 7) is -1.06. The highest BCUT2D eigenvalue weighted by Gasteiger charge is 2.63. The third kappa shape index (κ3) is 2.58. The van der Waals surface area contributed by atoms with Gasteiger partial charge in [-0.3, -0.25) is 9.09 Å². The van der Waals surface area contributed by atoms with E-state index in [0.717, 1.165) is 0 Å². The van der Waals surface area contributed by atoms with Crippen molar-refractivity contribution in [2.75, 3.05) is 19.5 Å². The summed E-state index contributed by atoms with van der Waals surface area (Å²) in [5.74, 6) is 0.288. The summed E-state index contributed by atoms with van der Waals surface area (Å²) in [5.41, 5.74) is 6.14. The molecule has 0 amide bonds. The fraction of sp³-hybridized carbons (Fsp3) is 0.615. The van der Waals surface area contributed by atoms with E-state index in [1.807, 2.05) is 6.92 Å². The average Bonchev–Trinajstić information content (AvgIpc) is 3.26. The molecule has 4 heterocycles. The van der Waals surface area contributed by atoms with Gasteiger partial charge in [0, 0.05) is 7.11 Å². The monoisotopic (exact) mass is 387 g/mol. The third-order valence-electron chi connectivity index (χ3n) is 4.71. The van der Waals surface area contributed by atoms with Crippen LogP contribution in [0.5, 0.6) is 0 Å². The number of anilines is 1. The third-order valence-corrected chi connectivity index (χ3v) is 6.37. The minimum atomic E-state index is -3.37. The van der Waals surface area contributed by atoms with Crippen LogP contribution >= 0.6 is 6.72 Å². The maximum Gasteiger partial charge on any atom is 0.324 e. The summed E-state index contributed by atoms with van der Waals surface area (Å²) in [4.78, 5) is 22.5. The van der Waals surface area contributed by atoms with Crippen LogP contribution in [-0.2, 0) is 30.3 Å². The molecule has 2 aromatic heterocycles. The number of aromatic nitrogens is 4. The Kier molecular flexibility index (Phi) is 4.08. The maximum absolute atomic E-state index is 10.1. The summed E-state index contributed by atoms with van der Waals surface area (Å²) < 4.78 is 24.5. The van der Waals surface area contributed by atoms with Gasteiger partial charge in [-0.2, -0.15) is 0 Å². The highest BCUT2D eigenvalue weighted by molar-refractivity contribution is 8.07. The molecule has 0 aliphatic carbocycles. The second kappa shape index (κ2) is 5.92. The van der Waals surface area contributed by atoms with Crippen molar-refractivity contribution in [3.63, 3.8) is 0 Å². The molecule has 2 unspecified atom stereocenters. The second-order valence-corrected chi connectivity index (χ2v) is 8.86. The first kappa shape index (κ1) is 17.2. The van der Waals surface area contributed by atoms with E-state index in [2.05, 4.69) is 15.0 Å². The Hall–Kier alpha value is -1.20. The number of nitrogens with two attached hydrogens (primary N) is 1. The number of hydrogen-bond donors (Lipinski definition) is 2. The molecule has 25 heavy (non-hydrogen) atoms. The highest BCUT2D eigenvalue weighted by Crippen LogP contribution is 2.55. The molecule has 3 N–H and O–H groups in total. The number of nitrogen functional groups attached to an aromatic ring is 1. The summed E-state index contributed by atoms with van der Waals surface area (Å²) >= 11 is 5.00. The van der Waals surface area contributed by atoms with E-state index < -0.39 is 30.8 Å². The molecule has 0 radical (unpaired) electrons. The van der Waals surface area contributed by atoms with E-state index in [1.165, 1.54) is 13.4 Å². The van der Waals surface area contributed by atoms with Crippen molar-refractivity contribution in [2.45, 2.75) is 37.4 Å². The van der Waals surface area contributed by atoms with Crippen molar-refractivity contribution >= 4 is 35.5 Å². The van der Waals surface area contributed by atoms with Crippen molar-refractivity contribution in [1.29, 1.82) is 0 Å². The molecule has 10 nitrogen and oxygen atoms in total. The van der Waals surface area contributed by atoms with Crippen LogP contribution < -0.4 is 5.73 Å². The zero-order valence-electron chi connectivity index (χ0n) is 13.6. The van der Waals surface area contributed by atoms with Crippen molar-refractivity contribution < 1.29 is 23.4 Å². The van der Waals surface area contributed by atoms with Crippen molar-refractivity contribution in [3.8, 4) is 0 Å². The van der Waals surface area contributed by atoms with Crippen molar-refractivity contribution in [3.05, 3.63) is 12.7 Å². The molecule has 2 aromatic rings. The molecule has 2 bridgehead atoms. The standard InChI is InChI=1S/C13H18N5O5PS/c1-3-13-4-21-8(9(13)23-24(19,25)20-2)12(22-13)18-6-17-7-10(14)15-5-16-11(7)18/h5-6,8-9,12H,3-4H2,1-2H3,(H,19,25)(H2,14,15,16)/t8-,9?,12+,13-,24?/m0/s1. The van der Waals surface area contributed by atoms with Gasteiger partial charge in [-0.1, -0.05) is 6.92 Å². The zero-order chi connectivity index (χ0) is 17.8. The van der Waals surface area contributed by atoms with Gasteiger partial charge in [0.15, 0.2) is 17.7 Å². The number of hydrogen-bond acceptors (Lipinski definition) is 9. The van der Waals surface area contributed by atoms with Gasteiger partial charge in [0.1, 0.15) is 29.7 Å². The van der Waals surface area contributed by atoms with Gasteiger partial charge in [0.25, 0.3) is 0 Å². The SMILES string of the molecule is CC[C@]12CO[C@@H](C1OP(O)(=S)OC)[C@H](n1cnc3c(N)ncnc31)O2. The van der Waals surface area contributed by atoms with Gasteiger partial charge in [-0.25, -0.2) is 15.0 Å². The average molecular weight is 387 g/mol. The van der Waals surface area contributed by atoms with E-state index in [1.54, 1.807) is 10.9 Å². The Morgan fingerprint density at radius 2 is 2.32 bits per heavy atom. The normalized spacial score (nSPS) is 33.8. The minimum absolute atomic E-state index is 0.288. The summed E-state index contributed by atoms with van der Waals surface area (Å²) in [5, 5.41) is 0. The molecule has 12 heteroatoms. The summed E-state index contributed by atoms with van der Waals surface area (Å²) in [6.07, 6.45) is 1.98. The predicted molar refractivity (Wildman–Crippen MR) is 91.0 cm³/mol.